The summed E-state index contributed by atoms with van der Waals surface area (Å²) in [7, 11) is 1.69. The highest BCUT2D eigenvalue weighted by Crippen LogP contribution is 2.37. The van der Waals surface area contributed by atoms with Gasteiger partial charge in [0.1, 0.15) is 11.3 Å². The minimum atomic E-state index is -0.460. The summed E-state index contributed by atoms with van der Waals surface area (Å²) in [5, 5.41) is 0.488. The topological polar surface area (TPSA) is 59.8 Å². The van der Waals surface area contributed by atoms with Crippen LogP contribution in [0, 0.1) is 0 Å². The molecule has 0 bridgehead atoms. The van der Waals surface area contributed by atoms with Crippen LogP contribution in [0.3, 0.4) is 0 Å². The van der Waals surface area contributed by atoms with Gasteiger partial charge < -0.3 is 14.1 Å². The van der Waals surface area contributed by atoms with Crippen molar-refractivity contribution in [1.82, 2.24) is 4.90 Å². The van der Waals surface area contributed by atoms with Gasteiger partial charge >= 0.3 is 0 Å². The van der Waals surface area contributed by atoms with E-state index in [1.54, 1.807) is 36.2 Å². The molecule has 0 saturated heterocycles. The van der Waals surface area contributed by atoms with Crippen LogP contribution in [0.5, 0.6) is 5.75 Å². The molecule has 1 aromatic heterocycles. The first-order valence-electron chi connectivity index (χ1n) is 8.67. The maximum absolute atomic E-state index is 13.0. The van der Waals surface area contributed by atoms with Gasteiger partial charge in [-0.25, -0.2) is 0 Å². The predicted molar refractivity (Wildman–Crippen MR) is 98.6 cm³/mol. The number of carbonyl (C=O) groups is 1. The van der Waals surface area contributed by atoms with Crippen LogP contribution in [0.25, 0.3) is 11.0 Å². The molecule has 1 aliphatic heterocycles. The standard InChI is InChI=1S/C21H19NO4/c1-3-12-25-14-10-8-13(9-11-14)18-17-19(23)15-6-4-5-7-16(15)26-20(17)21(24)22(18)2/h4-11,18H,3,12H2,1-2H3/t18-/m0/s1. The normalized spacial score (nSPS) is 16.2. The molecule has 3 aromatic rings. The van der Waals surface area contributed by atoms with Gasteiger partial charge in [-0.15, -0.1) is 0 Å². The summed E-state index contributed by atoms with van der Waals surface area (Å²) in [6.07, 6.45) is 0.934. The molecule has 26 heavy (non-hydrogen) atoms. The van der Waals surface area contributed by atoms with Crippen LogP contribution in [0.4, 0.5) is 0 Å². The molecular weight excluding hydrogens is 330 g/mol. The SMILES string of the molecule is CCCOc1ccc([C@H]2c3c(oc4ccccc4c3=O)C(=O)N2C)cc1. The van der Waals surface area contributed by atoms with Crippen molar-refractivity contribution in [2.45, 2.75) is 19.4 Å². The van der Waals surface area contributed by atoms with E-state index in [4.69, 9.17) is 9.15 Å². The summed E-state index contributed by atoms with van der Waals surface area (Å²) in [5.41, 5.74) is 1.53. The van der Waals surface area contributed by atoms with E-state index in [1.165, 1.54) is 0 Å². The summed E-state index contributed by atoms with van der Waals surface area (Å²) >= 11 is 0. The second-order valence-corrected chi connectivity index (χ2v) is 6.41. The van der Waals surface area contributed by atoms with Crippen molar-refractivity contribution in [3.63, 3.8) is 0 Å². The molecule has 2 aromatic carbocycles. The van der Waals surface area contributed by atoms with Gasteiger partial charge in [0.25, 0.3) is 5.91 Å². The van der Waals surface area contributed by atoms with E-state index in [1.807, 2.05) is 31.2 Å². The highest BCUT2D eigenvalue weighted by molar-refractivity contribution is 5.98. The molecule has 0 aliphatic carbocycles. The Hall–Kier alpha value is -3.08. The Morgan fingerprint density at radius 1 is 1.08 bits per heavy atom. The first-order chi connectivity index (χ1) is 12.6. The van der Waals surface area contributed by atoms with Crippen molar-refractivity contribution in [3.8, 4) is 5.75 Å². The lowest BCUT2D eigenvalue weighted by Gasteiger charge is -2.20. The first kappa shape index (κ1) is 16.4. The lowest BCUT2D eigenvalue weighted by Crippen LogP contribution is -2.25. The predicted octanol–water partition coefficient (Wildman–Crippen LogP) is 3.76. The number of benzene rings is 2. The summed E-state index contributed by atoms with van der Waals surface area (Å²) in [5.74, 6) is 0.625. The number of hydrogen-bond acceptors (Lipinski definition) is 4. The maximum Gasteiger partial charge on any atom is 0.290 e. The summed E-state index contributed by atoms with van der Waals surface area (Å²) in [6.45, 7) is 2.70. The molecule has 1 aliphatic rings. The van der Waals surface area contributed by atoms with Gasteiger partial charge in [-0.2, -0.15) is 0 Å². The largest absolute Gasteiger partial charge is 0.494 e. The van der Waals surface area contributed by atoms with Crippen LogP contribution < -0.4 is 10.2 Å². The third-order valence-corrected chi connectivity index (χ3v) is 4.68. The Labute approximate surface area is 150 Å². The molecule has 0 spiro atoms. The third-order valence-electron chi connectivity index (χ3n) is 4.68. The van der Waals surface area contributed by atoms with Gasteiger partial charge in [0.05, 0.1) is 23.6 Å². The molecule has 5 nitrogen and oxygen atoms in total. The smallest absolute Gasteiger partial charge is 0.290 e. The lowest BCUT2D eigenvalue weighted by molar-refractivity contribution is 0.0771. The van der Waals surface area contributed by atoms with Crippen molar-refractivity contribution < 1.29 is 13.9 Å². The number of ether oxygens (including phenoxy) is 1. The fraction of sp³-hybridized carbons (Fsp3) is 0.238. The van der Waals surface area contributed by atoms with E-state index in [2.05, 4.69) is 0 Å². The van der Waals surface area contributed by atoms with Gasteiger partial charge in [0.15, 0.2) is 5.43 Å². The molecule has 2 heterocycles. The molecule has 0 N–H and O–H groups in total. The number of carbonyl (C=O) groups excluding carboxylic acids is 1. The molecule has 0 fully saturated rings. The summed E-state index contributed by atoms with van der Waals surface area (Å²) in [4.78, 5) is 27.2. The van der Waals surface area contributed by atoms with Gasteiger partial charge in [0.2, 0.25) is 5.76 Å². The van der Waals surface area contributed by atoms with Gasteiger partial charge in [-0.05, 0) is 36.2 Å². The number of amides is 1. The fourth-order valence-corrected chi connectivity index (χ4v) is 3.39. The van der Waals surface area contributed by atoms with E-state index < -0.39 is 6.04 Å². The lowest BCUT2D eigenvalue weighted by atomic mass is 9.99. The van der Waals surface area contributed by atoms with E-state index in [-0.39, 0.29) is 17.1 Å². The van der Waals surface area contributed by atoms with Gasteiger partial charge in [-0.1, -0.05) is 31.2 Å². The summed E-state index contributed by atoms with van der Waals surface area (Å²) < 4.78 is 11.4. The van der Waals surface area contributed by atoms with Crippen LogP contribution >= 0.6 is 0 Å². The third kappa shape index (κ3) is 2.47. The second-order valence-electron chi connectivity index (χ2n) is 6.41. The van der Waals surface area contributed by atoms with E-state index >= 15 is 0 Å². The molecular formula is C21H19NO4. The van der Waals surface area contributed by atoms with E-state index in [9.17, 15) is 9.59 Å². The van der Waals surface area contributed by atoms with Crippen LogP contribution in [0.2, 0.25) is 0 Å². The molecule has 0 unspecified atom stereocenters. The monoisotopic (exact) mass is 349 g/mol. The average Bonchev–Trinajstić information content (AvgIpc) is 2.92. The molecule has 5 heteroatoms. The fourth-order valence-electron chi connectivity index (χ4n) is 3.39. The number of para-hydroxylation sites is 1. The number of hydrogen-bond donors (Lipinski definition) is 0. The average molecular weight is 349 g/mol. The molecule has 132 valence electrons. The van der Waals surface area contributed by atoms with Crippen LogP contribution in [-0.4, -0.2) is 24.5 Å². The summed E-state index contributed by atoms with van der Waals surface area (Å²) in [6, 6.07) is 14.1. The first-order valence-corrected chi connectivity index (χ1v) is 8.67. The molecule has 1 amide bonds. The van der Waals surface area contributed by atoms with Crippen LogP contribution in [0.15, 0.2) is 57.7 Å². The Bertz CT molecular complexity index is 1040. The van der Waals surface area contributed by atoms with Crippen LogP contribution in [-0.2, 0) is 0 Å². The van der Waals surface area contributed by atoms with E-state index in [0.717, 1.165) is 17.7 Å². The Morgan fingerprint density at radius 2 is 1.81 bits per heavy atom. The highest BCUT2D eigenvalue weighted by atomic mass is 16.5. The Kier molecular flexibility index (Phi) is 3.99. The molecule has 1 atom stereocenters. The number of fused-ring (bicyclic) bond motifs is 2. The minimum absolute atomic E-state index is 0.132. The number of rotatable bonds is 4. The van der Waals surface area contributed by atoms with Crippen molar-refractivity contribution in [2.75, 3.05) is 13.7 Å². The van der Waals surface area contributed by atoms with Crippen molar-refractivity contribution in [1.29, 1.82) is 0 Å². The Balaban J connectivity index is 1.83. The zero-order chi connectivity index (χ0) is 18.3. The molecule has 0 saturated carbocycles. The number of nitrogens with zero attached hydrogens (tertiary/aromatic N) is 1. The quantitative estimate of drug-likeness (QED) is 0.720. The van der Waals surface area contributed by atoms with Gasteiger partial charge in [0, 0.05) is 7.05 Å². The Morgan fingerprint density at radius 3 is 2.54 bits per heavy atom. The maximum atomic E-state index is 13.0. The van der Waals surface area contributed by atoms with E-state index in [0.29, 0.717) is 23.1 Å². The molecule has 0 radical (unpaired) electrons. The van der Waals surface area contributed by atoms with Gasteiger partial charge in [-0.3, -0.25) is 9.59 Å². The van der Waals surface area contributed by atoms with Crippen LogP contribution in [0.1, 0.15) is 41.1 Å². The zero-order valence-electron chi connectivity index (χ0n) is 14.7. The highest BCUT2D eigenvalue weighted by Gasteiger charge is 2.40. The second kappa shape index (κ2) is 6.33. The van der Waals surface area contributed by atoms with Crippen molar-refractivity contribution in [2.24, 2.45) is 0 Å². The molecule has 4 rings (SSSR count). The minimum Gasteiger partial charge on any atom is -0.494 e. The van der Waals surface area contributed by atoms with Crippen molar-refractivity contribution in [3.05, 3.63) is 75.6 Å². The van der Waals surface area contributed by atoms with Crippen molar-refractivity contribution >= 4 is 16.9 Å². The zero-order valence-corrected chi connectivity index (χ0v) is 14.7.